The van der Waals surface area contributed by atoms with E-state index in [9.17, 15) is 9.59 Å². The normalized spacial score (nSPS) is 18.0. The third-order valence-electron chi connectivity index (χ3n) is 5.15. The van der Waals surface area contributed by atoms with Crippen molar-refractivity contribution in [3.63, 3.8) is 0 Å². The topological polar surface area (TPSA) is 113 Å². The van der Waals surface area contributed by atoms with Crippen molar-refractivity contribution in [1.29, 1.82) is 0 Å². The van der Waals surface area contributed by atoms with E-state index in [1.807, 2.05) is 36.4 Å². The molecule has 2 aliphatic rings. The summed E-state index contributed by atoms with van der Waals surface area (Å²) in [5, 5.41) is 8.19. The van der Waals surface area contributed by atoms with Gasteiger partial charge in [-0.1, -0.05) is 43.3 Å². The summed E-state index contributed by atoms with van der Waals surface area (Å²) in [5.74, 6) is -0.0637. The van der Waals surface area contributed by atoms with Gasteiger partial charge in [-0.2, -0.15) is 0 Å². The highest BCUT2D eigenvalue weighted by molar-refractivity contribution is 6.05. The number of aromatic nitrogens is 3. The molecule has 31 heavy (non-hydrogen) atoms. The van der Waals surface area contributed by atoms with E-state index < -0.39 is 5.91 Å². The fourth-order valence-corrected chi connectivity index (χ4v) is 3.62. The lowest BCUT2D eigenvalue weighted by atomic mass is 9.90. The Labute approximate surface area is 177 Å². The number of hydrazine groups is 1. The van der Waals surface area contributed by atoms with E-state index in [4.69, 9.17) is 9.15 Å². The van der Waals surface area contributed by atoms with Gasteiger partial charge in [0.15, 0.2) is 18.3 Å². The summed E-state index contributed by atoms with van der Waals surface area (Å²) in [6.07, 6.45) is 5.51. The summed E-state index contributed by atoms with van der Waals surface area (Å²) in [6, 6.07) is 11.5. The third-order valence-corrected chi connectivity index (χ3v) is 5.15. The van der Waals surface area contributed by atoms with E-state index in [1.54, 1.807) is 25.5 Å². The summed E-state index contributed by atoms with van der Waals surface area (Å²) in [7, 11) is 0. The molecule has 0 spiro atoms. The number of rotatable bonds is 5. The lowest BCUT2D eigenvalue weighted by Crippen LogP contribution is -2.43. The second kappa shape index (κ2) is 7.60. The van der Waals surface area contributed by atoms with E-state index in [0.717, 1.165) is 16.7 Å². The highest BCUT2D eigenvalue weighted by Crippen LogP contribution is 2.38. The molecule has 1 aromatic carbocycles. The number of allylic oxidation sites excluding steroid dienone is 3. The first-order valence-electron chi connectivity index (χ1n) is 9.80. The molecule has 1 aliphatic heterocycles. The minimum Gasteiger partial charge on any atom is -0.472 e. The van der Waals surface area contributed by atoms with Crippen LogP contribution in [0.25, 0.3) is 5.57 Å². The molecule has 0 bridgehead atoms. The maximum absolute atomic E-state index is 12.8. The molecule has 0 fully saturated rings. The molecule has 2 aromatic heterocycles. The Bertz CT molecular complexity index is 1190. The Morgan fingerprint density at radius 1 is 1.29 bits per heavy atom. The zero-order chi connectivity index (χ0) is 21.4. The molecule has 5 rings (SSSR count). The van der Waals surface area contributed by atoms with Gasteiger partial charge in [-0.25, -0.2) is 9.99 Å². The standard InChI is InChI=1S/C22H19N5O4/c1-13-9-16(15-7-8-30-11-15)20-18(19(13)28)27(12-31-20)26-22(29)21-23-17(24-25-21)10-14-5-3-2-4-6-14/h2-9,11,13H,10,12H2,1H3,(H,26,29)(H,23,24,25)/t13-/m0/s1. The first-order valence-corrected chi connectivity index (χ1v) is 9.80. The predicted octanol–water partition coefficient (Wildman–Crippen LogP) is 2.44. The van der Waals surface area contributed by atoms with Gasteiger partial charge in [0.2, 0.25) is 5.82 Å². The van der Waals surface area contributed by atoms with Gasteiger partial charge in [0.25, 0.3) is 0 Å². The smallest absolute Gasteiger partial charge is 0.309 e. The van der Waals surface area contributed by atoms with Crippen LogP contribution in [-0.2, 0) is 16.0 Å². The Balaban J connectivity index is 1.34. The van der Waals surface area contributed by atoms with Crippen molar-refractivity contribution >= 4 is 17.3 Å². The molecule has 2 N–H and O–H groups in total. The van der Waals surface area contributed by atoms with E-state index in [0.29, 0.717) is 23.7 Å². The Hall–Kier alpha value is -4.14. The van der Waals surface area contributed by atoms with Crippen LogP contribution in [0.4, 0.5) is 0 Å². The molecule has 0 saturated carbocycles. The zero-order valence-corrected chi connectivity index (χ0v) is 16.7. The maximum Gasteiger partial charge on any atom is 0.309 e. The molecular formula is C22H19N5O4. The van der Waals surface area contributed by atoms with Crippen molar-refractivity contribution in [2.24, 2.45) is 5.92 Å². The van der Waals surface area contributed by atoms with Crippen LogP contribution in [0, 0.1) is 5.92 Å². The number of nitrogens with zero attached hydrogens (tertiary/aromatic N) is 3. The van der Waals surface area contributed by atoms with Crippen LogP contribution in [0.15, 0.2) is 70.9 Å². The molecular weight excluding hydrogens is 398 g/mol. The number of carbonyl (C=O) groups excluding carboxylic acids is 2. The second-order valence-electron chi connectivity index (χ2n) is 7.33. The number of Topliss-reactive ketones (excluding diaryl/α,β-unsaturated/α-hetero) is 1. The fourth-order valence-electron chi connectivity index (χ4n) is 3.62. The van der Waals surface area contributed by atoms with Crippen LogP contribution >= 0.6 is 0 Å². The lowest BCUT2D eigenvalue weighted by molar-refractivity contribution is -0.119. The number of amides is 1. The fraction of sp³-hybridized carbons (Fsp3) is 0.182. The number of furan rings is 1. The molecule has 1 atom stereocenters. The molecule has 0 unspecified atom stereocenters. The maximum atomic E-state index is 12.8. The summed E-state index contributed by atoms with van der Waals surface area (Å²) >= 11 is 0. The Kier molecular flexibility index (Phi) is 4.62. The summed E-state index contributed by atoms with van der Waals surface area (Å²) in [4.78, 5) is 29.8. The van der Waals surface area contributed by atoms with Gasteiger partial charge in [-0.3, -0.25) is 20.1 Å². The number of hydrogen-bond acceptors (Lipinski definition) is 7. The second-order valence-corrected chi connectivity index (χ2v) is 7.33. The van der Waals surface area contributed by atoms with Gasteiger partial charge in [0.1, 0.15) is 11.5 Å². The van der Waals surface area contributed by atoms with Crippen molar-refractivity contribution < 1.29 is 18.7 Å². The Morgan fingerprint density at radius 2 is 2.13 bits per heavy atom. The average molecular weight is 417 g/mol. The van der Waals surface area contributed by atoms with Crippen LogP contribution in [0.2, 0.25) is 0 Å². The van der Waals surface area contributed by atoms with Gasteiger partial charge in [-0.05, 0) is 11.6 Å². The summed E-state index contributed by atoms with van der Waals surface area (Å²) in [5.41, 5.74) is 5.60. The number of nitrogens with one attached hydrogen (secondary N) is 2. The molecule has 0 radical (unpaired) electrons. The molecule has 3 heterocycles. The number of aromatic amines is 1. The number of benzene rings is 1. The van der Waals surface area contributed by atoms with Gasteiger partial charge < -0.3 is 9.15 Å². The van der Waals surface area contributed by atoms with Crippen LogP contribution in [0.1, 0.15) is 34.5 Å². The van der Waals surface area contributed by atoms with Crippen molar-refractivity contribution in [3.05, 3.63) is 89.2 Å². The monoisotopic (exact) mass is 417 g/mol. The van der Waals surface area contributed by atoms with E-state index in [-0.39, 0.29) is 24.3 Å². The number of carbonyl (C=O) groups is 2. The van der Waals surface area contributed by atoms with E-state index in [1.165, 1.54) is 5.01 Å². The molecule has 156 valence electrons. The zero-order valence-electron chi connectivity index (χ0n) is 16.7. The highest BCUT2D eigenvalue weighted by atomic mass is 16.5. The van der Waals surface area contributed by atoms with Crippen LogP contribution in [-0.4, -0.2) is 38.6 Å². The molecule has 0 saturated heterocycles. The van der Waals surface area contributed by atoms with Crippen LogP contribution in [0.3, 0.4) is 0 Å². The van der Waals surface area contributed by atoms with Gasteiger partial charge in [-0.15, -0.1) is 5.10 Å². The summed E-state index contributed by atoms with van der Waals surface area (Å²) in [6.45, 7) is 1.81. The van der Waals surface area contributed by atoms with Crippen molar-refractivity contribution in [3.8, 4) is 0 Å². The van der Waals surface area contributed by atoms with Crippen molar-refractivity contribution in [2.45, 2.75) is 13.3 Å². The van der Waals surface area contributed by atoms with Crippen molar-refractivity contribution in [2.75, 3.05) is 6.73 Å². The largest absolute Gasteiger partial charge is 0.472 e. The first-order chi connectivity index (χ1) is 15.1. The quantitative estimate of drug-likeness (QED) is 0.655. The van der Waals surface area contributed by atoms with Gasteiger partial charge >= 0.3 is 5.91 Å². The van der Waals surface area contributed by atoms with Crippen LogP contribution < -0.4 is 5.43 Å². The van der Waals surface area contributed by atoms with E-state index in [2.05, 4.69) is 20.6 Å². The highest BCUT2D eigenvalue weighted by Gasteiger charge is 2.39. The number of ether oxygens (including phenoxy) is 1. The number of hydrogen-bond donors (Lipinski definition) is 2. The molecule has 3 aromatic rings. The Morgan fingerprint density at radius 3 is 2.90 bits per heavy atom. The minimum absolute atomic E-state index is 0.00531. The summed E-state index contributed by atoms with van der Waals surface area (Å²) < 4.78 is 10.9. The van der Waals surface area contributed by atoms with Crippen LogP contribution in [0.5, 0.6) is 0 Å². The molecule has 1 amide bonds. The molecule has 1 aliphatic carbocycles. The van der Waals surface area contributed by atoms with E-state index >= 15 is 0 Å². The van der Waals surface area contributed by atoms with Gasteiger partial charge in [0.05, 0.1) is 12.5 Å². The van der Waals surface area contributed by atoms with Gasteiger partial charge in [0, 0.05) is 23.5 Å². The van der Waals surface area contributed by atoms with Crippen molar-refractivity contribution in [1.82, 2.24) is 25.6 Å². The third kappa shape index (κ3) is 3.50. The average Bonchev–Trinajstić information content (AvgIpc) is 3.53. The number of H-pyrrole nitrogens is 1. The lowest BCUT2D eigenvalue weighted by Gasteiger charge is -2.22. The molecule has 9 nitrogen and oxygen atoms in total. The first kappa shape index (κ1) is 18.9. The molecule has 9 heteroatoms. The number of ketones is 1. The minimum atomic E-state index is -0.534. The SMILES string of the molecule is C[C@H]1C=C(c2ccoc2)C2=C(C1=O)N(NC(=O)c1n[nH]c(Cc3ccccc3)n1)CO2. The predicted molar refractivity (Wildman–Crippen MR) is 109 cm³/mol.